The minimum Gasteiger partial charge on any atom is -0.493 e. The molecule has 0 bridgehead atoms. The van der Waals surface area contributed by atoms with Gasteiger partial charge in [-0.1, -0.05) is 42.5 Å². The first-order valence-electron chi connectivity index (χ1n) is 15.4. The van der Waals surface area contributed by atoms with Gasteiger partial charge in [0.1, 0.15) is 18.2 Å². The lowest BCUT2D eigenvalue weighted by atomic mass is 9.98. The van der Waals surface area contributed by atoms with Crippen LogP contribution in [-0.2, 0) is 30.3 Å². The number of carbonyl (C=O) groups excluding carboxylic acids is 3. The third kappa shape index (κ3) is 9.87. The molecule has 1 amide bonds. The summed E-state index contributed by atoms with van der Waals surface area (Å²) >= 11 is 0. The molecule has 4 rings (SSSR count). The van der Waals surface area contributed by atoms with Crippen molar-refractivity contribution in [3.05, 3.63) is 77.9 Å². The first-order chi connectivity index (χ1) is 22.4. The number of likely N-dealkylation sites (tertiary alicyclic amines) is 1. The van der Waals surface area contributed by atoms with Gasteiger partial charge in [-0.05, 0) is 74.6 Å². The SMILES string of the molecule is COc1ccc(CCN2C(=O)[C@H](CC(=O)OCOC(=O)C(C)(C)C)C[C@H]2COc2ccc(-c3ccc(C(=N)N)cc3)cc2)cc1OC.Cl. The third-order valence-electron chi connectivity index (χ3n) is 7.98. The van der Waals surface area contributed by atoms with Crippen LogP contribution < -0.4 is 19.9 Å². The summed E-state index contributed by atoms with van der Waals surface area (Å²) < 4.78 is 27.1. The van der Waals surface area contributed by atoms with Crippen LogP contribution >= 0.6 is 12.4 Å². The number of ether oxygens (including phenoxy) is 5. The van der Waals surface area contributed by atoms with E-state index in [1.54, 1.807) is 52.0 Å². The fourth-order valence-electron chi connectivity index (χ4n) is 5.28. The summed E-state index contributed by atoms with van der Waals surface area (Å²) in [6.07, 6.45) is 0.828. The molecule has 1 fully saturated rings. The summed E-state index contributed by atoms with van der Waals surface area (Å²) in [5.74, 6) is 0.0220. The summed E-state index contributed by atoms with van der Waals surface area (Å²) in [5, 5.41) is 7.58. The Labute approximate surface area is 287 Å². The van der Waals surface area contributed by atoms with Gasteiger partial charge in [0.15, 0.2) is 11.5 Å². The number of nitrogens with two attached hydrogens (primary N) is 1. The van der Waals surface area contributed by atoms with E-state index < -0.39 is 30.1 Å². The lowest BCUT2D eigenvalue weighted by molar-refractivity contribution is -0.174. The average molecular weight is 682 g/mol. The number of hydrogen-bond acceptors (Lipinski definition) is 9. The lowest BCUT2D eigenvalue weighted by Gasteiger charge is -2.25. The summed E-state index contributed by atoms with van der Waals surface area (Å²) in [6, 6.07) is 20.4. The maximum absolute atomic E-state index is 13.6. The Hall–Kier alpha value is -4.77. The molecular formula is C36H44ClN3O8. The normalized spacial score (nSPS) is 15.7. The number of methoxy groups -OCH3 is 2. The zero-order valence-electron chi connectivity index (χ0n) is 27.9. The molecule has 258 valence electrons. The monoisotopic (exact) mass is 681 g/mol. The maximum Gasteiger partial charge on any atom is 0.314 e. The van der Waals surface area contributed by atoms with Crippen LogP contribution in [0.2, 0.25) is 0 Å². The number of rotatable bonds is 14. The molecule has 0 radical (unpaired) electrons. The smallest absolute Gasteiger partial charge is 0.314 e. The van der Waals surface area contributed by atoms with Gasteiger partial charge in [-0.15, -0.1) is 12.4 Å². The number of halogens is 1. The van der Waals surface area contributed by atoms with E-state index in [1.165, 1.54) is 0 Å². The highest BCUT2D eigenvalue weighted by Gasteiger charge is 2.41. The number of nitrogens with one attached hydrogen (secondary N) is 1. The highest BCUT2D eigenvalue weighted by molar-refractivity contribution is 5.95. The number of hydrogen-bond donors (Lipinski definition) is 2. The number of amidine groups is 1. The number of carbonyl (C=O) groups is 3. The number of benzene rings is 3. The zero-order valence-corrected chi connectivity index (χ0v) is 28.8. The molecule has 11 nitrogen and oxygen atoms in total. The first kappa shape index (κ1) is 37.7. The number of amides is 1. The van der Waals surface area contributed by atoms with Gasteiger partial charge in [0.25, 0.3) is 0 Å². The topological polar surface area (TPSA) is 150 Å². The van der Waals surface area contributed by atoms with Crippen LogP contribution in [0.3, 0.4) is 0 Å². The van der Waals surface area contributed by atoms with Crippen molar-refractivity contribution in [3.8, 4) is 28.4 Å². The molecule has 12 heteroatoms. The Balaban J connectivity index is 0.00000625. The Morgan fingerprint density at radius 1 is 0.917 bits per heavy atom. The molecule has 1 aliphatic heterocycles. The Kier molecular flexibility index (Phi) is 13.2. The molecule has 1 aliphatic rings. The van der Waals surface area contributed by atoms with Gasteiger partial charge in [0, 0.05) is 12.1 Å². The van der Waals surface area contributed by atoms with Crippen LogP contribution in [0.25, 0.3) is 11.1 Å². The van der Waals surface area contributed by atoms with Crippen molar-refractivity contribution in [2.24, 2.45) is 17.1 Å². The highest BCUT2D eigenvalue weighted by atomic mass is 35.5. The molecule has 0 aromatic heterocycles. The van der Waals surface area contributed by atoms with E-state index in [0.29, 0.717) is 42.2 Å². The molecule has 0 saturated carbocycles. The second-order valence-corrected chi connectivity index (χ2v) is 12.4. The molecule has 48 heavy (non-hydrogen) atoms. The Morgan fingerprint density at radius 2 is 1.54 bits per heavy atom. The standard InChI is InChI=1S/C36H43N3O8.ClH/c1-36(2,3)35(42)47-22-46-32(40)20-27-19-28(39(34(27)41)17-16-23-6-15-30(43-4)31(18-23)44-5)21-45-29-13-11-25(12-14-29)24-7-9-26(10-8-24)33(37)38;/h6-15,18,27-28H,16-17,19-22H2,1-5H3,(H3,37,38);1H/t27-,28-;/m0./s1. The predicted molar refractivity (Wildman–Crippen MR) is 184 cm³/mol. The van der Waals surface area contributed by atoms with Crippen LogP contribution in [-0.4, -0.2) is 68.8 Å². The van der Waals surface area contributed by atoms with E-state index in [4.69, 9.17) is 34.8 Å². The van der Waals surface area contributed by atoms with Gasteiger partial charge in [-0.2, -0.15) is 0 Å². The highest BCUT2D eigenvalue weighted by Crippen LogP contribution is 2.31. The van der Waals surface area contributed by atoms with Crippen molar-refractivity contribution in [2.75, 3.05) is 34.2 Å². The van der Waals surface area contributed by atoms with Gasteiger partial charge < -0.3 is 34.3 Å². The molecule has 1 heterocycles. The maximum atomic E-state index is 13.6. The minimum absolute atomic E-state index is 0. The molecule has 2 atom stereocenters. The van der Waals surface area contributed by atoms with Crippen molar-refractivity contribution in [2.45, 2.75) is 46.1 Å². The predicted octanol–water partition coefficient (Wildman–Crippen LogP) is 5.40. The van der Waals surface area contributed by atoms with E-state index in [-0.39, 0.29) is 43.2 Å². The van der Waals surface area contributed by atoms with Crippen LogP contribution in [0.1, 0.15) is 44.7 Å². The molecular weight excluding hydrogens is 638 g/mol. The zero-order chi connectivity index (χ0) is 34.1. The Morgan fingerprint density at radius 3 is 2.12 bits per heavy atom. The van der Waals surface area contributed by atoms with E-state index in [2.05, 4.69) is 0 Å². The quantitative estimate of drug-likeness (QED) is 0.0987. The molecule has 0 aliphatic carbocycles. The van der Waals surface area contributed by atoms with Crippen molar-refractivity contribution in [1.82, 2.24) is 4.90 Å². The average Bonchev–Trinajstić information content (AvgIpc) is 3.35. The van der Waals surface area contributed by atoms with Crippen LogP contribution in [0, 0.1) is 16.7 Å². The number of nitrogens with zero attached hydrogens (tertiary/aromatic N) is 1. The summed E-state index contributed by atoms with van der Waals surface area (Å²) in [5.41, 5.74) is 8.42. The first-order valence-corrected chi connectivity index (χ1v) is 15.4. The van der Waals surface area contributed by atoms with Crippen molar-refractivity contribution < 1.29 is 38.1 Å². The van der Waals surface area contributed by atoms with Crippen molar-refractivity contribution >= 4 is 36.1 Å². The van der Waals surface area contributed by atoms with E-state index >= 15 is 0 Å². The van der Waals surface area contributed by atoms with Gasteiger partial charge in [0.2, 0.25) is 12.7 Å². The van der Waals surface area contributed by atoms with Crippen molar-refractivity contribution in [3.63, 3.8) is 0 Å². The fourth-order valence-corrected chi connectivity index (χ4v) is 5.28. The Bertz CT molecular complexity index is 1570. The molecule has 3 N–H and O–H groups in total. The van der Waals surface area contributed by atoms with Crippen LogP contribution in [0.15, 0.2) is 66.7 Å². The van der Waals surface area contributed by atoms with Gasteiger partial charge in [-0.3, -0.25) is 19.8 Å². The molecule has 3 aromatic carbocycles. The van der Waals surface area contributed by atoms with Gasteiger partial charge in [-0.25, -0.2) is 0 Å². The van der Waals surface area contributed by atoms with E-state index in [1.807, 2.05) is 54.6 Å². The largest absolute Gasteiger partial charge is 0.493 e. The van der Waals surface area contributed by atoms with E-state index in [0.717, 1.165) is 16.7 Å². The van der Waals surface area contributed by atoms with Crippen LogP contribution in [0.4, 0.5) is 0 Å². The van der Waals surface area contributed by atoms with Crippen LogP contribution in [0.5, 0.6) is 17.2 Å². The van der Waals surface area contributed by atoms with Gasteiger partial charge in [0.05, 0.1) is 38.0 Å². The minimum atomic E-state index is -0.725. The third-order valence-corrected chi connectivity index (χ3v) is 7.98. The van der Waals surface area contributed by atoms with E-state index in [9.17, 15) is 14.4 Å². The number of nitrogen functional groups attached to an aromatic ring is 1. The second-order valence-electron chi connectivity index (χ2n) is 12.4. The summed E-state index contributed by atoms with van der Waals surface area (Å²) in [6.45, 7) is 5.26. The second kappa shape index (κ2) is 16.9. The molecule has 1 saturated heterocycles. The molecule has 0 unspecified atom stereocenters. The lowest BCUT2D eigenvalue weighted by Crippen LogP contribution is -2.39. The summed E-state index contributed by atoms with van der Waals surface area (Å²) in [7, 11) is 3.15. The number of esters is 2. The molecule has 0 spiro atoms. The van der Waals surface area contributed by atoms with Gasteiger partial charge >= 0.3 is 11.9 Å². The van der Waals surface area contributed by atoms with Crippen molar-refractivity contribution in [1.29, 1.82) is 5.41 Å². The fraction of sp³-hybridized carbons (Fsp3) is 0.389. The molecule has 3 aromatic rings. The summed E-state index contributed by atoms with van der Waals surface area (Å²) in [4.78, 5) is 40.0.